The van der Waals surface area contributed by atoms with Crippen molar-refractivity contribution in [2.24, 2.45) is 0 Å². The Morgan fingerprint density at radius 2 is 2.25 bits per heavy atom. The van der Waals surface area contributed by atoms with Crippen molar-refractivity contribution in [3.63, 3.8) is 0 Å². The molecule has 0 bridgehead atoms. The van der Waals surface area contributed by atoms with Crippen molar-refractivity contribution >= 4 is 28.7 Å². The van der Waals surface area contributed by atoms with E-state index in [4.69, 9.17) is 16.7 Å². The lowest BCUT2D eigenvalue weighted by atomic mass is 10.2. The number of rotatable bonds is 2. The Labute approximate surface area is 96.7 Å². The number of imidazole rings is 1. The number of hydrogen-bond donors (Lipinski definition) is 1. The summed E-state index contributed by atoms with van der Waals surface area (Å²) >= 11 is 5.96. The van der Waals surface area contributed by atoms with Gasteiger partial charge >= 0.3 is 5.97 Å². The minimum Gasteiger partial charge on any atom is -0.478 e. The fourth-order valence-electron chi connectivity index (χ4n) is 1.59. The molecule has 0 atom stereocenters. The summed E-state index contributed by atoms with van der Waals surface area (Å²) in [6.07, 6.45) is 1.45. The van der Waals surface area contributed by atoms with Gasteiger partial charge in [0.05, 0.1) is 5.56 Å². The van der Waals surface area contributed by atoms with E-state index in [0.717, 1.165) is 0 Å². The highest BCUT2D eigenvalue weighted by molar-refractivity contribution is 6.29. The molecule has 0 saturated carbocycles. The van der Waals surface area contributed by atoms with Crippen LogP contribution in [-0.2, 0) is 0 Å². The van der Waals surface area contributed by atoms with Gasteiger partial charge in [-0.25, -0.2) is 14.8 Å². The van der Waals surface area contributed by atoms with Gasteiger partial charge in [-0.2, -0.15) is 0 Å². The number of halogens is 1. The summed E-state index contributed by atoms with van der Waals surface area (Å²) in [6.45, 7) is 3.87. The van der Waals surface area contributed by atoms with E-state index in [9.17, 15) is 4.79 Å². The molecular weight excluding hydrogens is 230 g/mol. The first-order valence-corrected chi connectivity index (χ1v) is 5.16. The Balaban J connectivity index is 2.83. The van der Waals surface area contributed by atoms with Crippen molar-refractivity contribution in [2.75, 3.05) is 0 Å². The van der Waals surface area contributed by atoms with E-state index in [1.807, 2.05) is 13.8 Å². The van der Waals surface area contributed by atoms with Gasteiger partial charge in [0, 0.05) is 12.2 Å². The normalized spacial score (nSPS) is 11.2. The molecule has 0 fully saturated rings. The first kappa shape index (κ1) is 10.9. The maximum absolute atomic E-state index is 11.0. The Kier molecular flexibility index (Phi) is 2.55. The first-order valence-electron chi connectivity index (χ1n) is 4.78. The number of carbonyl (C=O) groups is 1. The van der Waals surface area contributed by atoms with Crippen LogP contribution in [0.15, 0.2) is 12.3 Å². The molecule has 0 radical (unpaired) electrons. The summed E-state index contributed by atoms with van der Waals surface area (Å²) in [5.41, 5.74) is 0.944. The lowest BCUT2D eigenvalue weighted by Crippen LogP contribution is -2.03. The van der Waals surface area contributed by atoms with E-state index >= 15 is 0 Å². The van der Waals surface area contributed by atoms with Crippen molar-refractivity contribution in [3.05, 3.63) is 23.1 Å². The molecule has 0 aliphatic carbocycles. The fourth-order valence-corrected chi connectivity index (χ4v) is 1.95. The highest BCUT2D eigenvalue weighted by Crippen LogP contribution is 2.24. The maximum atomic E-state index is 11.0. The summed E-state index contributed by atoms with van der Waals surface area (Å²) in [5.74, 6) is -1.03. The minimum atomic E-state index is -1.03. The largest absolute Gasteiger partial charge is 0.478 e. The molecule has 0 aliphatic heterocycles. The molecule has 0 unspecified atom stereocenters. The average molecular weight is 240 g/mol. The number of carboxylic acids is 1. The molecule has 16 heavy (non-hydrogen) atoms. The zero-order valence-electron chi connectivity index (χ0n) is 8.81. The van der Waals surface area contributed by atoms with Crippen LogP contribution in [0.1, 0.15) is 30.2 Å². The third-order valence-corrected chi connectivity index (χ3v) is 2.55. The third-order valence-electron chi connectivity index (χ3n) is 2.28. The van der Waals surface area contributed by atoms with Gasteiger partial charge in [0.25, 0.3) is 0 Å². The monoisotopic (exact) mass is 239 g/mol. The molecule has 1 N–H and O–H groups in total. The Morgan fingerprint density at radius 3 is 2.81 bits per heavy atom. The topological polar surface area (TPSA) is 68.0 Å². The van der Waals surface area contributed by atoms with E-state index in [1.54, 1.807) is 4.57 Å². The van der Waals surface area contributed by atoms with Crippen molar-refractivity contribution in [1.29, 1.82) is 0 Å². The fraction of sp³-hybridized carbons (Fsp3) is 0.300. The van der Waals surface area contributed by atoms with Crippen LogP contribution in [0, 0.1) is 0 Å². The maximum Gasteiger partial charge on any atom is 0.338 e. The Hall–Kier alpha value is -1.62. The van der Waals surface area contributed by atoms with Crippen LogP contribution in [0.4, 0.5) is 0 Å². The summed E-state index contributed by atoms with van der Waals surface area (Å²) in [7, 11) is 0. The highest BCUT2D eigenvalue weighted by Gasteiger charge is 2.18. The van der Waals surface area contributed by atoms with Gasteiger partial charge in [0.1, 0.15) is 5.52 Å². The molecule has 0 spiro atoms. The Morgan fingerprint density at radius 1 is 1.56 bits per heavy atom. The molecule has 2 aromatic heterocycles. The van der Waals surface area contributed by atoms with E-state index in [2.05, 4.69) is 9.97 Å². The van der Waals surface area contributed by atoms with Gasteiger partial charge in [0.15, 0.2) is 5.65 Å². The van der Waals surface area contributed by atoms with Gasteiger partial charge in [-0.15, -0.1) is 0 Å². The number of aromatic carboxylic acids is 1. The second-order valence-corrected chi connectivity index (χ2v) is 4.02. The van der Waals surface area contributed by atoms with Crippen molar-refractivity contribution in [3.8, 4) is 0 Å². The summed E-state index contributed by atoms with van der Waals surface area (Å²) in [4.78, 5) is 19.1. The van der Waals surface area contributed by atoms with Gasteiger partial charge < -0.3 is 5.11 Å². The summed E-state index contributed by atoms with van der Waals surface area (Å²) in [6, 6.07) is 1.49. The quantitative estimate of drug-likeness (QED) is 0.874. The van der Waals surface area contributed by atoms with Crippen LogP contribution < -0.4 is 0 Å². The van der Waals surface area contributed by atoms with Crippen LogP contribution in [0.3, 0.4) is 0 Å². The Bertz CT molecular complexity index is 562. The molecule has 0 amide bonds. The molecule has 0 aromatic carbocycles. The van der Waals surface area contributed by atoms with E-state index in [0.29, 0.717) is 11.2 Å². The second-order valence-electron chi connectivity index (χ2n) is 3.68. The van der Waals surface area contributed by atoms with Crippen molar-refractivity contribution in [1.82, 2.24) is 14.5 Å². The first-order chi connectivity index (χ1) is 7.52. The molecule has 0 aliphatic rings. The average Bonchev–Trinajstić information content (AvgIpc) is 2.52. The lowest BCUT2D eigenvalue weighted by molar-refractivity contribution is 0.0698. The standard InChI is InChI=1S/C10H10ClN3O2/c1-5(2)14-8-7(13-10(14)11)6(9(15)16)3-4-12-8/h3-5H,1-2H3,(H,15,16). The van der Waals surface area contributed by atoms with Crippen LogP contribution in [0.5, 0.6) is 0 Å². The predicted molar refractivity (Wildman–Crippen MR) is 59.9 cm³/mol. The van der Waals surface area contributed by atoms with Gasteiger partial charge in [-0.1, -0.05) is 0 Å². The van der Waals surface area contributed by atoms with Gasteiger partial charge in [0.2, 0.25) is 5.28 Å². The SMILES string of the molecule is CC(C)n1c(Cl)nc2c(C(=O)O)ccnc21. The van der Waals surface area contributed by atoms with Crippen molar-refractivity contribution < 1.29 is 9.90 Å². The number of aromatic nitrogens is 3. The van der Waals surface area contributed by atoms with Gasteiger partial charge in [-0.05, 0) is 31.5 Å². The molecule has 5 nitrogen and oxygen atoms in total. The van der Waals surface area contributed by atoms with Crippen LogP contribution in [-0.4, -0.2) is 25.6 Å². The van der Waals surface area contributed by atoms with Crippen LogP contribution >= 0.6 is 11.6 Å². The van der Waals surface area contributed by atoms with Crippen LogP contribution in [0.25, 0.3) is 11.2 Å². The lowest BCUT2D eigenvalue weighted by Gasteiger charge is -2.08. The number of fused-ring (bicyclic) bond motifs is 1. The van der Waals surface area contributed by atoms with Gasteiger partial charge in [-0.3, -0.25) is 4.57 Å². The van der Waals surface area contributed by atoms with E-state index in [-0.39, 0.29) is 16.9 Å². The molecular formula is C10H10ClN3O2. The zero-order chi connectivity index (χ0) is 11.9. The number of carboxylic acid groups (broad SMARTS) is 1. The van der Waals surface area contributed by atoms with E-state index in [1.165, 1.54) is 12.3 Å². The van der Waals surface area contributed by atoms with E-state index < -0.39 is 5.97 Å². The molecule has 2 aromatic rings. The minimum absolute atomic E-state index is 0.0778. The third kappa shape index (κ3) is 1.53. The molecule has 0 saturated heterocycles. The van der Waals surface area contributed by atoms with Crippen LogP contribution in [0.2, 0.25) is 5.28 Å². The number of nitrogens with zero attached hydrogens (tertiary/aromatic N) is 3. The number of pyridine rings is 1. The molecule has 2 heterocycles. The van der Waals surface area contributed by atoms with Crippen molar-refractivity contribution in [2.45, 2.75) is 19.9 Å². The second kappa shape index (κ2) is 3.75. The summed E-state index contributed by atoms with van der Waals surface area (Å²) in [5, 5.41) is 9.26. The molecule has 6 heteroatoms. The smallest absolute Gasteiger partial charge is 0.338 e. The summed E-state index contributed by atoms with van der Waals surface area (Å²) < 4.78 is 1.70. The predicted octanol–water partition coefficient (Wildman–Crippen LogP) is 2.36. The molecule has 84 valence electrons. The number of hydrogen-bond acceptors (Lipinski definition) is 3. The zero-order valence-corrected chi connectivity index (χ0v) is 9.56. The molecule has 2 rings (SSSR count). The highest BCUT2D eigenvalue weighted by atomic mass is 35.5.